The van der Waals surface area contributed by atoms with Crippen LogP contribution in [-0.4, -0.2) is 17.7 Å². The summed E-state index contributed by atoms with van der Waals surface area (Å²) in [5.74, 6) is 0. The third-order valence-electron chi connectivity index (χ3n) is 2.51. The maximum Gasteiger partial charge on any atom is 0.0942 e. The van der Waals surface area contributed by atoms with Gasteiger partial charge >= 0.3 is 0 Å². The van der Waals surface area contributed by atoms with E-state index in [2.05, 4.69) is 5.32 Å². The van der Waals surface area contributed by atoms with Gasteiger partial charge in [-0.25, -0.2) is 0 Å². The summed E-state index contributed by atoms with van der Waals surface area (Å²) in [5, 5.41) is 13.3. The first-order valence-corrected chi connectivity index (χ1v) is 5.13. The Morgan fingerprint density at radius 1 is 1.36 bits per heavy atom. The second-order valence-electron chi connectivity index (χ2n) is 3.65. The van der Waals surface area contributed by atoms with E-state index in [0.717, 1.165) is 17.7 Å². The van der Waals surface area contributed by atoms with Gasteiger partial charge in [0.15, 0.2) is 0 Å². The van der Waals surface area contributed by atoms with E-state index < -0.39 is 6.10 Å². The molecule has 0 spiro atoms. The zero-order valence-electron chi connectivity index (χ0n) is 9.12. The zero-order chi connectivity index (χ0) is 10.6. The van der Waals surface area contributed by atoms with Gasteiger partial charge in [-0.2, -0.15) is 0 Å². The van der Waals surface area contributed by atoms with Gasteiger partial charge in [-0.05, 0) is 31.5 Å². The maximum absolute atomic E-state index is 10.0. The molecule has 0 fully saturated rings. The van der Waals surface area contributed by atoms with Gasteiger partial charge in [-0.1, -0.05) is 31.2 Å². The molecule has 1 aromatic carbocycles. The predicted octanol–water partition coefficient (Wildman–Crippen LogP) is 2.03. The minimum atomic E-state index is -0.420. The predicted molar refractivity (Wildman–Crippen MR) is 59.3 cm³/mol. The number of aliphatic hydroxyl groups is 1. The van der Waals surface area contributed by atoms with E-state index in [4.69, 9.17) is 0 Å². The van der Waals surface area contributed by atoms with Crippen molar-refractivity contribution in [2.75, 3.05) is 6.54 Å². The Bertz CT molecular complexity index is 285. The summed E-state index contributed by atoms with van der Waals surface area (Å²) in [7, 11) is 0. The van der Waals surface area contributed by atoms with E-state index in [1.807, 2.05) is 45.0 Å². The Balaban J connectivity index is 2.78. The monoisotopic (exact) mass is 193 g/mol. The van der Waals surface area contributed by atoms with E-state index >= 15 is 0 Å². The van der Waals surface area contributed by atoms with Crippen LogP contribution in [0, 0.1) is 6.92 Å². The summed E-state index contributed by atoms with van der Waals surface area (Å²) in [5.41, 5.74) is 2.16. The SMILES string of the molecule is CCNC(C)C(O)c1ccccc1C. The molecular formula is C12H19NO. The minimum absolute atomic E-state index is 0.0982. The summed E-state index contributed by atoms with van der Waals surface area (Å²) >= 11 is 0. The van der Waals surface area contributed by atoms with Crippen molar-refractivity contribution in [3.8, 4) is 0 Å². The second-order valence-corrected chi connectivity index (χ2v) is 3.65. The van der Waals surface area contributed by atoms with E-state index in [1.165, 1.54) is 0 Å². The lowest BCUT2D eigenvalue weighted by atomic mass is 9.99. The van der Waals surface area contributed by atoms with Gasteiger partial charge in [0.1, 0.15) is 0 Å². The Morgan fingerprint density at radius 3 is 2.57 bits per heavy atom. The van der Waals surface area contributed by atoms with E-state index in [9.17, 15) is 5.11 Å². The first-order valence-electron chi connectivity index (χ1n) is 5.13. The maximum atomic E-state index is 10.0. The number of aliphatic hydroxyl groups excluding tert-OH is 1. The first-order chi connectivity index (χ1) is 6.66. The molecule has 2 nitrogen and oxygen atoms in total. The molecule has 0 aromatic heterocycles. The largest absolute Gasteiger partial charge is 0.387 e. The number of likely N-dealkylation sites (N-methyl/N-ethyl adjacent to an activating group) is 1. The lowest BCUT2D eigenvalue weighted by molar-refractivity contribution is 0.136. The molecule has 0 bridgehead atoms. The fraction of sp³-hybridized carbons (Fsp3) is 0.500. The molecule has 0 saturated heterocycles. The highest BCUT2D eigenvalue weighted by Gasteiger charge is 2.16. The molecule has 0 aliphatic heterocycles. The van der Waals surface area contributed by atoms with Crippen molar-refractivity contribution in [3.63, 3.8) is 0 Å². The fourth-order valence-electron chi connectivity index (χ4n) is 1.62. The van der Waals surface area contributed by atoms with Crippen molar-refractivity contribution in [2.24, 2.45) is 0 Å². The molecule has 2 atom stereocenters. The molecule has 0 aliphatic rings. The third kappa shape index (κ3) is 2.56. The van der Waals surface area contributed by atoms with Crippen molar-refractivity contribution >= 4 is 0 Å². The Hall–Kier alpha value is -0.860. The quantitative estimate of drug-likeness (QED) is 0.767. The van der Waals surface area contributed by atoms with Gasteiger partial charge in [-0.3, -0.25) is 0 Å². The third-order valence-corrected chi connectivity index (χ3v) is 2.51. The molecule has 2 unspecified atom stereocenters. The number of rotatable bonds is 4. The van der Waals surface area contributed by atoms with Gasteiger partial charge in [0.25, 0.3) is 0 Å². The van der Waals surface area contributed by atoms with Crippen LogP contribution in [0.2, 0.25) is 0 Å². The molecular weight excluding hydrogens is 174 g/mol. The second kappa shape index (κ2) is 5.13. The van der Waals surface area contributed by atoms with E-state index in [-0.39, 0.29) is 6.04 Å². The van der Waals surface area contributed by atoms with Gasteiger partial charge in [0.2, 0.25) is 0 Å². The standard InChI is InChI=1S/C12H19NO/c1-4-13-10(3)12(14)11-8-6-5-7-9(11)2/h5-8,10,12-14H,4H2,1-3H3. The van der Waals surface area contributed by atoms with Crippen LogP contribution in [0.1, 0.15) is 31.1 Å². The van der Waals surface area contributed by atoms with Crippen molar-refractivity contribution in [1.82, 2.24) is 5.32 Å². The van der Waals surface area contributed by atoms with Gasteiger partial charge < -0.3 is 10.4 Å². The lowest BCUT2D eigenvalue weighted by Gasteiger charge is -2.21. The average Bonchev–Trinajstić information content (AvgIpc) is 2.18. The van der Waals surface area contributed by atoms with Crippen LogP contribution < -0.4 is 5.32 Å². The smallest absolute Gasteiger partial charge is 0.0942 e. The summed E-state index contributed by atoms with van der Waals surface area (Å²) in [6.07, 6.45) is -0.420. The van der Waals surface area contributed by atoms with Crippen LogP contribution in [0.4, 0.5) is 0 Å². The molecule has 0 heterocycles. The summed E-state index contributed by atoms with van der Waals surface area (Å²) in [4.78, 5) is 0. The number of benzene rings is 1. The van der Waals surface area contributed by atoms with E-state index in [0.29, 0.717) is 0 Å². The molecule has 1 aromatic rings. The van der Waals surface area contributed by atoms with Crippen molar-refractivity contribution in [2.45, 2.75) is 32.9 Å². The molecule has 14 heavy (non-hydrogen) atoms. The van der Waals surface area contributed by atoms with Crippen molar-refractivity contribution in [1.29, 1.82) is 0 Å². The Kier molecular flexibility index (Phi) is 4.11. The summed E-state index contributed by atoms with van der Waals surface area (Å²) < 4.78 is 0. The molecule has 0 amide bonds. The Labute approximate surface area is 86.0 Å². The van der Waals surface area contributed by atoms with Crippen LogP contribution in [-0.2, 0) is 0 Å². The molecule has 2 heteroatoms. The van der Waals surface area contributed by atoms with Crippen LogP contribution in [0.3, 0.4) is 0 Å². The van der Waals surface area contributed by atoms with E-state index in [1.54, 1.807) is 0 Å². The minimum Gasteiger partial charge on any atom is -0.387 e. The summed E-state index contributed by atoms with van der Waals surface area (Å²) in [6, 6.07) is 8.06. The molecule has 1 rings (SSSR count). The number of hydrogen-bond donors (Lipinski definition) is 2. The molecule has 2 N–H and O–H groups in total. The van der Waals surface area contributed by atoms with Gasteiger partial charge in [-0.15, -0.1) is 0 Å². The van der Waals surface area contributed by atoms with Gasteiger partial charge in [0.05, 0.1) is 6.10 Å². The highest BCUT2D eigenvalue weighted by Crippen LogP contribution is 2.19. The van der Waals surface area contributed by atoms with Crippen molar-refractivity contribution in [3.05, 3.63) is 35.4 Å². The lowest BCUT2D eigenvalue weighted by Crippen LogP contribution is -2.32. The summed E-state index contributed by atoms with van der Waals surface area (Å²) in [6.45, 7) is 6.95. The van der Waals surface area contributed by atoms with Crippen molar-refractivity contribution < 1.29 is 5.11 Å². The first kappa shape index (κ1) is 11.2. The average molecular weight is 193 g/mol. The zero-order valence-corrected chi connectivity index (χ0v) is 9.12. The molecule has 0 radical (unpaired) electrons. The van der Waals surface area contributed by atoms with Crippen LogP contribution in [0.25, 0.3) is 0 Å². The Morgan fingerprint density at radius 2 is 2.00 bits per heavy atom. The molecule has 0 aliphatic carbocycles. The topological polar surface area (TPSA) is 32.3 Å². The highest BCUT2D eigenvalue weighted by atomic mass is 16.3. The van der Waals surface area contributed by atoms with Crippen LogP contribution in [0.5, 0.6) is 0 Å². The van der Waals surface area contributed by atoms with Crippen LogP contribution in [0.15, 0.2) is 24.3 Å². The normalized spacial score (nSPS) is 15.1. The number of nitrogens with one attached hydrogen (secondary N) is 1. The molecule has 0 saturated carbocycles. The molecule has 78 valence electrons. The number of aryl methyl sites for hydroxylation is 1. The highest BCUT2D eigenvalue weighted by molar-refractivity contribution is 5.28. The van der Waals surface area contributed by atoms with Gasteiger partial charge in [0, 0.05) is 6.04 Å². The number of hydrogen-bond acceptors (Lipinski definition) is 2. The van der Waals surface area contributed by atoms with Crippen LogP contribution >= 0.6 is 0 Å². The fourth-order valence-corrected chi connectivity index (χ4v) is 1.62.